The summed E-state index contributed by atoms with van der Waals surface area (Å²) in [6, 6.07) is 3.38. The van der Waals surface area contributed by atoms with Crippen LogP contribution in [-0.4, -0.2) is 17.4 Å². The lowest BCUT2D eigenvalue weighted by atomic mass is 10.3. The van der Waals surface area contributed by atoms with Gasteiger partial charge in [0.2, 0.25) is 11.8 Å². The van der Waals surface area contributed by atoms with Crippen molar-refractivity contribution in [1.82, 2.24) is 10.3 Å². The Balaban J connectivity index is 1.85. The van der Waals surface area contributed by atoms with Gasteiger partial charge in [0.1, 0.15) is 23.1 Å². The molecule has 21 heavy (non-hydrogen) atoms. The Morgan fingerprint density at radius 1 is 1.29 bits per heavy atom. The minimum absolute atomic E-state index is 0.117. The molecule has 0 unspecified atom stereocenters. The zero-order valence-corrected chi connectivity index (χ0v) is 11.7. The van der Waals surface area contributed by atoms with Crippen molar-refractivity contribution in [2.75, 3.05) is 11.9 Å². The highest BCUT2D eigenvalue weighted by Gasteiger charge is 2.12. The third-order valence-electron chi connectivity index (χ3n) is 2.86. The van der Waals surface area contributed by atoms with Gasteiger partial charge < -0.3 is 9.73 Å². The smallest absolute Gasteiger partial charge is 0.238 e. The van der Waals surface area contributed by atoms with Gasteiger partial charge in [-0.1, -0.05) is 6.07 Å². The molecule has 0 aliphatic carbocycles. The quantitative estimate of drug-likeness (QED) is 0.888. The zero-order valence-electron chi connectivity index (χ0n) is 11.7. The monoisotopic (exact) mass is 295 g/mol. The first kappa shape index (κ1) is 15.1. The SMILES string of the molecule is Cc1nc(CNCC(=O)Nc2c(F)cccc2F)oc1C. The van der Waals surface area contributed by atoms with Gasteiger partial charge in [-0.25, -0.2) is 13.8 Å². The molecule has 1 aromatic heterocycles. The van der Waals surface area contributed by atoms with E-state index in [1.165, 1.54) is 6.07 Å². The summed E-state index contributed by atoms with van der Waals surface area (Å²) in [5.74, 6) is -1.02. The van der Waals surface area contributed by atoms with E-state index in [4.69, 9.17) is 4.42 Å². The second-order valence-electron chi connectivity index (χ2n) is 4.50. The summed E-state index contributed by atoms with van der Waals surface area (Å²) in [6.07, 6.45) is 0. The van der Waals surface area contributed by atoms with Gasteiger partial charge in [-0.15, -0.1) is 0 Å². The molecule has 0 spiro atoms. The van der Waals surface area contributed by atoms with Crippen LogP contribution in [0.25, 0.3) is 0 Å². The number of aromatic nitrogens is 1. The Morgan fingerprint density at radius 2 is 1.95 bits per heavy atom. The van der Waals surface area contributed by atoms with Gasteiger partial charge in [-0.2, -0.15) is 0 Å². The van der Waals surface area contributed by atoms with Crippen LogP contribution < -0.4 is 10.6 Å². The van der Waals surface area contributed by atoms with E-state index in [0.717, 1.165) is 17.8 Å². The van der Waals surface area contributed by atoms with Gasteiger partial charge in [0, 0.05) is 0 Å². The fourth-order valence-corrected chi connectivity index (χ4v) is 1.70. The summed E-state index contributed by atoms with van der Waals surface area (Å²) in [5.41, 5.74) is 0.330. The Hall–Kier alpha value is -2.28. The van der Waals surface area contributed by atoms with Crippen LogP contribution in [0.5, 0.6) is 0 Å². The highest BCUT2D eigenvalue weighted by atomic mass is 19.1. The molecular weight excluding hydrogens is 280 g/mol. The van der Waals surface area contributed by atoms with E-state index in [9.17, 15) is 13.6 Å². The number of nitrogens with zero attached hydrogens (tertiary/aromatic N) is 1. The largest absolute Gasteiger partial charge is 0.444 e. The number of oxazole rings is 1. The van der Waals surface area contributed by atoms with Gasteiger partial charge in [0.15, 0.2) is 0 Å². The van der Waals surface area contributed by atoms with E-state index in [2.05, 4.69) is 15.6 Å². The van der Waals surface area contributed by atoms with Crippen LogP contribution in [0.15, 0.2) is 22.6 Å². The molecule has 2 rings (SSSR count). The van der Waals surface area contributed by atoms with Crippen LogP contribution in [0, 0.1) is 25.5 Å². The van der Waals surface area contributed by atoms with Crippen molar-refractivity contribution in [3.63, 3.8) is 0 Å². The second kappa shape index (κ2) is 6.45. The number of hydrogen-bond donors (Lipinski definition) is 2. The number of rotatable bonds is 5. The molecule has 0 atom stereocenters. The topological polar surface area (TPSA) is 67.2 Å². The van der Waals surface area contributed by atoms with E-state index in [-0.39, 0.29) is 13.1 Å². The fourth-order valence-electron chi connectivity index (χ4n) is 1.70. The Bertz CT molecular complexity index is 616. The summed E-state index contributed by atoms with van der Waals surface area (Å²) in [7, 11) is 0. The third kappa shape index (κ3) is 3.85. The van der Waals surface area contributed by atoms with Gasteiger partial charge in [0.05, 0.1) is 18.8 Å². The zero-order chi connectivity index (χ0) is 15.4. The second-order valence-corrected chi connectivity index (χ2v) is 4.50. The van der Waals surface area contributed by atoms with Crippen molar-refractivity contribution >= 4 is 11.6 Å². The predicted molar refractivity (Wildman–Crippen MR) is 72.7 cm³/mol. The highest BCUT2D eigenvalue weighted by Crippen LogP contribution is 2.17. The molecule has 2 N–H and O–H groups in total. The maximum absolute atomic E-state index is 13.3. The molecule has 2 aromatic rings. The van der Waals surface area contributed by atoms with Crippen molar-refractivity contribution in [2.24, 2.45) is 0 Å². The van der Waals surface area contributed by atoms with Crippen molar-refractivity contribution in [3.8, 4) is 0 Å². The van der Waals surface area contributed by atoms with Gasteiger partial charge >= 0.3 is 0 Å². The lowest BCUT2D eigenvalue weighted by molar-refractivity contribution is -0.115. The van der Waals surface area contributed by atoms with Crippen LogP contribution in [0.3, 0.4) is 0 Å². The third-order valence-corrected chi connectivity index (χ3v) is 2.86. The maximum Gasteiger partial charge on any atom is 0.238 e. The van der Waals surface area contributed by atoms with E-state index in [0.29, 0.717) is 11.7 Å². The van der Waals surface area contributed by atoms with E-state index in [1.807, 2.05) is 6.92 Å². The maximum atomic E-state index is 13.3. The molecule has 5 nitrogen and oxygen atoms in total. The lowest BCUT2D eigenvalue weighted by Crippen LogP contribution is -2.28. The Labute approximate surface area is 120 Å². The molecule has 0 radical (unpaired) electrons. The van der Waals surface area contributed by atoms with Crippen molar-refractivity contribution in [2.45, 2.75) is 20.4 Å². The van der Waals surface area contributed by atoms with E-state index in [1.54, 1.807) is 6.92 Å². The predicted octanol–water partition coefficient (Wildman–Crippen LogP) is 2.30. The molecule has 0 fully saturated rings. The molecule has 1 heterocycles. The van der Waals surface area contributed by atoms with Crippen LogP contribution in [0.2, 0.25) is 0 Å². The van der Waals surface area contributed by atoms with Crippen LogP contribution in [0.1, 0.15) is 17.3 Å². The molecule has 0 aliphatic heterocycles. The Morgan fingerprint density at radius 3 is 2.52 bits per heavy atom. The Kier molecular flexibility index (Phi) is 4.64. The molecule has 1 aromatic carbocycles. The van der Waals surface area contributed by atoms with E-state index >= 15 is 0 Å². The normalized spacial score (nSPS) is 10.7. The highest BCUT2D eigenvalue weighted by molar-refractivity contribution is 5.92. The number of carbonyl (C=O) groups excluding carboxylic acids is 1. The summed E-state index contributed by atoms with van der Waals surface area (Å²) in [5, 5.41) is 4.97. The van der Waals surface area contributed by atoms with Crippen molar-refractivity contribution in [1.29, 1.82) is 0 Å². The summed E-state index contributed by atoms with van der Waals surface area (Å²) >= 11 is 0. The molecule has 0 aliphatic rings. The molecule has 1 amide bonds. The van der Waals surface area contributed by atoms with Crippen LogP contribution in [0.4, 0.5) is 14.5 Å². The number of aryl methyl sites for hydroxylation is 2. The minimum atomic E-state index is -0.817. The number of nitrogens with one attached hydrogen (secondary N) is 2. The first-order valence-electron chi connectivity index (χ1n) is 6.35. The number of benzene rings is 1. The minimum Gasteiger partial charge on any atom is -0.444 e. The number of para-hydroxylation sites is 1. The average Bonchev–Trinajstić information content (AvgIpc) is 2.73. The van der Waals surface area contributed by atoms with Crippen molar-refractivity contribution in [3.05, 3.63) is 47.2 Å². The molecule has 7 heteroatoms. The number of anilines is 1. The van der Waals surface area contributed by atoms with Crippen molar-refractivity contribution < 1.29 is 18.0 Å². The number of hydrogen-bond acceptors (Lipinski definition) is 4. The van der Waals surface area contributed by atoms with Gasteiger partial charge in [-0.3, -0.25) is 10.1 Å². The number of amides is 1. The number of halogens is 2. The summed E-state index contributed by atoms with van der Waals surface area (Å²) in [6.45, 7) is 3.74. The molecular formula is C14H15F2N3O2. The molecule has 0 saturated heterocycles. The van der Waals surface area contributed by atoms with Crippen LogP contribution in [-0.2, 0) is 11.3 Å². The molecule has 112 valence electrons. The summed E-state index contributed by atoms with van der Waals surface area (Å²) in [4.78, 5) is 15.8. The van der Waals surface area contributed by atoms with Gasteiger partial charge in [0.25, 0.3) is 0 Å². The fraction of sp³-hybridized carbons (Fsp3) is 0.286. The molecule has 0 saturated carbocycles. The first-order chi connectivity index (χ1) is 9.97. The average molecular weight is 295 g/mol. The van der Waals surface area contributed by atoms with Crippen LogP contribution >= 0.6 is 0 Å². The first-order valence-corrected chi connectivity index (χ1v) is 6.35. The number of carbonyl (C=O) groups is 1. The van der Waals surface area contributed by atoms with Gasteiger partial charge in [-0.05, 0) is 26.0 Å². The lowest BCUT2D eigenvalue weighted by Gasteiger charge is -2.07. The summed E-state index contributed by atoms with van der Waals surface area (Å²) < 4.78 is 32.0. The molecule has 0 bridgehead atoms. The van der Waals surface area contributed by atoms with E-state index < -0.39 is 23.2 Å². The standard InChI is InChI=1S/C14H15F2N3O2/c1-8-9(2)21-13(18-8)7-17-6-12(20)19-14-10(15)4-3-5-11(14)16/h3-5,17H,6-7H2,1-2H3,(H,19,20).